The van der Waals surface area contributed by atoms with Gasteiger partial charge in [-0.25, -0.2) is 9.97 Å². The van der Waals surface area contributed by atoms with E-state index in [1.807, 2.05) is 31.2 Å². The number of hydrogen-bond donors (Lipinski definition) is 1. The maximum Gasteiger partial charge on any atom is 0.161 e. The molecule has 0 spiro atoms. The Bertz CT molecular complexity index is 608. The van der Waals surface area contributed by atoms with Crippen LogP contribution >= 0.6 is 0 Å². The Hall–Kier alpha value is -2.10. The predicted molar refractivity (Wildman–Crippen MR) is 79.7 cm³/mol. The normalized spacial score (nSPS) is 13.8. The third-order valence-electron chi connectivity index (χ3n) is 3.64. The van der Waals surface area contributed by atoms with Crippen LogP contribution in [0, 0.1) is 0 Å². The third kappa shape index (κ3) is 2.46. The summed E-state index contributed by atoms with van der Waals surface area (Å²) >= 11 is 0. The molecule has 0 atom stereocenters. The molecule has 0 saturated heterocycles. The van der Waals surface area contributed by atoms with Crippen LogP contribution < -0.4 is 10.5 Å². The molecule has 0 amide bonds. The Morgan fingerprint density at radius 2 is 1.85 bits per heavy atom. The standard InChI is InChI=1S/C16H19N3O/c1-2-20-12-9-7-11(8-10-12)16-18-14-6-4-3-5-13(14)15(17)19-16/h7-10H,2-6H2,1H3,(H2,17,18,19). The van der Waals surface area contributed by atoms with E-state index in [-0.39, 0.29) is 0 Å². The van der Waals surface area contributed by atoms with Crippen LogP contribution in [0.1, 0.15) is 31.0 Å². The van der Waals surface area contributed by atoms with Crippen LogP contribution in [0.3, 0.4) is 0 Å². The highest BCUT2D eigenvalue weighted by Gasteiger charge is 2.16. The number of aromatic nitrogens is 2. The predicted octanol–water partition coefficient (Wildman–Crippen LogP) is 3.00. The van der Waals surface area contributed by atoms with Crippen molar-refractivity contribution in [1.82, 2.24) is 9.97 Å². The van der Waals surface area contributed by atoms with Gasteiger partial charge < -0.3 is 10.5 Å². The molecule has 3 rings (SSSR count). The Morgan fingerprint density at radius 1 is 1.10 bits per heavy atom. The molecule has 0 radical (unpaired) electrons. The number of nitrogen functional groups attached to an aromatic ring is 1. The highest BCUT2D eigenvalue weighted by molar-refractivity contribution is 5.60. The minimum absolute atomic E-state index is 0.638. The average molecular weight is 269 g/mol. The molecule has 20 heavy (non-hydrogen) atoms. The van der Waals surface area contributed by atoms with E-state index < -0.39 is 0 Å². The zero-order valence-electron chi connectivity index (χ0n) is 11.7. The van der Waals surface area contributed by atoms with E-state index >= 15 is 0 Å². The molecule has 104 valence electrons. The summed E-state index contributed by atoms with van der Waals surface area (Å²) in [5.41, 5.74) is 9.32. The van der Waals surface area contributed by atoms with Crippen LogP contribution in [0.25, 0.3) is 11.4 Å². The van der Waals surface area contributed by atoms with E-state index in [4.69, 9.17) is 10.5 Å². The van der Waals surface area contributed by atoms with Crippen molar-refractivity contribution < 1.29 is 4.74 Å². The maximum atomic E-state index is 6.08. The van der Waals surface area contributed by atoms with Gasteiger partial charge in [0.05, 0.1) is 6.61 Å². The van der Waals surface area contributed by atoms with Crippen molar-refractivity contribution in [2.45, 2.75) is 32.6 Å². The Balaban J connectivity index is 1.95. The van der Waals surface area contributed by atoms with Gasteiger partial charge in [-0.1, -0.05) is 0 Å². The minimum Gasteiger partial charge on any atom is -0.494 e. The van der Waals surface area contributed by atoms with Crippen LogP contribution in [0.15, 0.2) is 24.3 Å². The maximum absolute atomic E-state index is 6.08. The fourth-order valence-electron chi connectivity index (χ4n) is 2.62. The molecule has 2 N–H and O–H groups in total. The largest absolute Gasteiger partial charge is 0.494 e. The number of aryl methyl sites for hydroxylation is 1. The van der Waals surface area contributed by atoms with Crippen molar-refractivity contribution in [2.75, 3.05) is 12.3 Å². The van der Waals surface area contributed by atoms with Crippen LogP contribution in [0.4, 0.5) is 5.82 Å². The van der Waals surface area contributed by atoms with Gasteiger partial charge in [0.15, 0.2) is 5.82 Å². The van der Waals surface area contributed by atoms with E-state index in [0.717, 1.165) is 35.4 Å². The molecule has 0 fully saturated rings. The van der Waals surface area contributed by atoms with Crippen molar-refractivity contribution in [3.8, 4) is 17.1 Å². The summed E-state index contributed by atoms with van der Waals surface area (Å²) < 4.78 is 5.45. The summed E-state index contributed by atoms with van der Waals surface area (Å²) in [5.74, 6) is 2.21. The lowest BCUT2D eigenvalue weighted by Crippen LogP contribution is -2.11. The van der Waals surface area contributed by atoms with Crippen LogP contribution in [-0.2, 0) is 12.8 Å². The van der Waals surface area contributed by atoms with Gasteiger partial charge in [-0.2, -0.15) is 0 Å². The lowest BCUT2D eigenvalue weighted by Gasteiger charge is -2.17. The molecule has 1 aliphatic rings. The molecule has 0 unspecified atom stereocenters. The topological polar surface area (TPSA) is 61.0 Å². The van der Waals surface area contributed by atoms with Gasteiger partial charge in [-0.3, -0.25) is 0 Å². The monoisotopic (exact) mass is 269 g/mol. The van der Waals surface area contributed by atoms with Crippen LogP contribution in [-0.4, -0.2) is 16.6 Å². The minimum atomic E-state index is 0.638. The summed E-state index contributed by atoms with van der Waals surface area (Å²) in [6.45, 7) is 2.64. The van der Waals surface area contributed by atoms with Gasteiger partial charge >= 0.3 is 0 Å². The zero-order chi connectivity index (χ0) is 13.9. The number of anilines is 1. The summed E-state index contributed by atoms with van der Waals surface area (Å²) in [6, 6.07) is 7.85. The van der Waals surface area contributed by atoms with Gasteiger partial charge in [0.25, 0.3) is 0 Å². The molecule has 0 bridgehead atoms. The van der Waals surface area contributed by atoms with Crippen LogP contribution in [0.5, 0.6) is 5.75 Å². The fourth-order valence-corrected chi connectivity index (χ4v) is 2.62. The first-order valence-corrected chi connectivity index (χ1v) is 7.16. The molecule has 1 aliphatic carbocycles. The Labute approximate surface area is 119 Å². The summed E-state index contributed by atoms with van der Waals surface area (Å²) in [7, 11) is 0. The van der Waals surface area contributed by atoms with E-state index in [0.29, 0.717) is 18.2 Å². The SMILES string of the molecule is CCOc1ccc(-c2nc(N)c3c(n2)CCCC3)cc1. The summed E-state index contributed by atoms with van der Waals surface area (Å²) in [4.78, 5) is 9.15. The van der Waals surface area contributed by atoms with Crippen molar-refractivity contribution in [3.05, 3.63) is 35.5 Å². The second kappa shape index (κ2) is 5.49. The first kappa shape index (κ1) is 12.9. The first-order chi connectivity index (χ1) is 9.78. The molecular formula is C16H19N3O. The molecule has 1 aromatic carbocycles. The smallest absolute Gasteiger partial charge is 0.161 e. The van der Waals surface area contributed by atoms with Crippen molar-refractivity contribution in [2.24, 2.45) is 0 Å². The van der Waals surface area contributed by atoms with Gasteiger partial charge in [0, 0.05) is 16.8 Å². The molecule has 4 nitrogen and oxygen atoms in total. The second-order valence-corrected chi connectivity index (χ2v) is 5.02. The quantitative estimate of drug-likeness (QED) is 0.930. The first-order valence-electron chi connectivity index (χ1n) is 7.16. The molecule has 0 saturated carbocycles. The number of nitrogens with zero attached hydrogens (tertiary/aromatic N) is 2. The molecule has 2 aromatic rings. The molecule has 1 heterocycles. The van der Waals surface area contributed by atoms with Crippen molar-refractivity contribution in [1.29, 1.82) is 0 Å². The second-order valence-electron chi connectivity index (χ2n) is 5.02. The van der Waals surface area contributed by atoms with Gasteiger partial charge in [0.1, 0.15) is 11.6 Å². The molecular weight excluding hydrogens is 250 g/mol. The lowest BCUT2D eigenvalue weighted by atomic mass is 9.96. The third-order valence-corrected chi connectivity index (χ3v) is 3.64. The van der Waals surface area contributed by atoms with E-state index in [9.17, 15) is 0 Å². The van der Waals surface area contributed by atoms with E-state index in [1.54, 1.807) is 0 Å². The zero-order valence-corrected chi connectivity index (χ0v) is 11.7. The van der Waals surface area contributed by atoms with Crippen molar-refractivity contribution in [3.63, 3.8) is 0 Å². The number of nitrogens with two attached hydrogens (primary N) is 1. The highest BCUT2D eigenvalue weighted by atomic mass is 16.5. The Morgan fingerprint density at radius 3 is 2.60 bits per heavy atom. The number of fused-ring (bicyclic) bond motifs is 1. The van der Waals surface area contributed by atoms with Gasteiger partial charge in [-0.05, 0) is 56.9 Å². The van der Waals surface area contributed by atoms with Gasteiger partial charge in [0.2, 0.25) is 0 Å². The molecule has 1 aromatic heterocycles. The van der Waals surface area contributed by atoms with E-state index in [2.05, 4.69) is 9.97 Å². The number of benzene rings is 1. The summed E-state index contributed by atoms with van der Waals surface area (Å²) in [6.07, 6.45) is 4.38. The average Bonchev–Trinajstić information content (AvgIpc) is 2.48. The summed E-state index contributed by atoms with van der Waals surface area (Å²) in [5, 5.41) is 0. The number of rotatable bonds is 3. The molecule has 4 heteroatoms. The Kier molecular flexibility index (Phi) is 3.54. The fraction of sp³-hybridized carbons (Fsp3) is 0.375. The van der Waals surface area contributed by atoms with E-state index in [1.165, 1.54) is 12.8 Å². The van der Waals surface area contributed by atoms with Gasteiger partial charge in [-0.15, -0.1) is 0 Å². The molecule has 0 aliphatic heterocycles. The number of hydrogen-bond acceptors (Lipinski definition) is 4. The highest BCUT2D eigenvalue weighted by Crippen LogP contribution is 2.27. The number of ether oxygens (including phenoxy) is 1. The van der Waals surface area contributed by atoms with Crippen LogP contribution in [0.2, 0.25) is 0 Å². The lowest BCUT2D eigenvalue weighted by molar-refractivity contribution is 0.340. The van der Waals surface area contributed by atoms with Crippen molar-refractivity contribution >= 4 is 5.82 Å².